The van der Waals surface area contributed by atoms with E-state index in [1.165, 1.54) is 12.1 Å². The summed E-state index contributed by atoms with van der Waals surface area (Å²) in [6.45, 7) is 2.29. The van der Waals surface area contributed by atoms with Crippen molar-refractivity contribution < 1.29 is 13.5 Å². The standard InChI is InChI=1S/C12H14FN3O2/c1-2-11-15-16-12(18-11)7-17-10-4-8(6-14)3-9(13)5-10/h3-5H,2,6-7,14H2,1H3. The predicted octanol–water partition coefficient (Wildman–Crippen LogP) is 1.81. The van der Waals surface area contributed by atoms with E-state index in [1.54, 1.807) is 6.07 Å². The van der Waals surface area contributed by atoms with Gasteiger partial charge in [-0.25, -0.2) is 4.39 Å². The molecule has 0 saturated heterocycles. The molecule has 1 aromatic heterocycles. The minimum absolute atomic E-state index is 0.112. The van der Waals surface area contributed by atoms with E-state index in [2.05, 4.69) is 10.2 Å². The lowest BCUT2D eigenvalue weighted by atomic mass is 10.2. The Bertz CT molecular complexity index is 528. The summed E-state index contributed by atoms with van der Waals surface area (Å²) in [6.07, 6.45) is 0.671. The van der Waals surface area contributed by atoms with E-state index in [1.807, 2.05) is 6.92 Å². The third-order valence-corrected chi connectivity index (χ3v) is 2.34. The molecule has 0 radical (unpaired) electrons. The molecule has 2 rings (SSSR count). The maximum absolute atomic E-state index is 13.2. The lowest BCUT2D eigenvalue weighted by molar-refractivity contribution is 0.258. The molecule has 0 bridgehead atoms. The van der Waals surface area contributed by atoms with Crippen LogP contribution in [0.1, 0.15) is 24.3 Å². The second kappa shape index (κ2) is 5.59. The molecular weight excluding hydrogens is 237 g/mol. The van der Waals surface area contributed by atoms with E-state index >= 15 is 0 Å². The van der Waals surface area contributed by atoms with Crippen LogP contribution in [0.5, 0.6) is 5.75 Å². The van der Waals surface area contributed by atoms with E-state index in [9.17, 15) is 4.39 Å². The van der Waals surface area contributed by atoms with E-state index < -0.39 is 0 Å². The van der Waals surface area contributed by atoms with Gasteiger partial charge in [-0.1, -0.05) is 6.92 Å². The molecular formula is C12H14FN3O2. The summed E-state index contributed by atoms with van der Waals surface area (Å²) in [7, 11) is 0. The van der Waals surface area contributed by atoms with E-state index in [-0.39, 0.29) is 19.0 Å². The number of halogens is 1. The van der Waals surface area contributed by atoms with Gasteiger partial charge in [0.25, 0.3) is 5.89 Å². The normalized spacial score (nSPS) is 10.6. The maximum Gasteiger partial charge on any atom is 0.253 e. The first-order valence-electron chi connectivity index (χ1n) is 5.65. The zero-order valence-electron chi connectivity index (χ0n) is 10.0. The van der Waals surface area contributed by atoms with Gasteiger partial charge in [-0.05, 0) is 17.7 Å². The van der Waals surface area contributed by atoms with Crippen LogP contribution in [0.2, 0.25) is 0 Å². The predicted molar refractivity (Wildman–Crippen MR) is 62.3 cm³/mol. The van der Waals surface area contributed by atoms with Gasteiger partial charge in [0, 0.05) is 19.0 Å². The average molecular weight is 251 g/mol. The second-order valence-corrected chi connectivity index (χ2v) is 3.73. The van der Waals surface area contributed by atoms with Crippen molar-refractivity contribution in [3.05, 3.63) is 41.4 Å². The number of ether oxygens (including phenoxy) is 1. The van der Waals surface area contributed by atoms with Crippen LogP contribution in [0.25, 0.3) is 0 Å². The quantitative estimate of drug-likeness (QED) is 0.877. The summed E-state index contributed by atoms with van der Waals surface area (Å²) in [5.74, 6) is 0.931. The molecule has 0 spiro atoms. The molecule has 2 aromatic rings. The maximum atomic E-state index is 13.2. The number of rotatable bonds is 5. The van der Waals surface area contributed by atoms with Crippen molar-refractivity contribution in [1.29, 1.82) is 0 Å². The minimum atomic E-state index is -0.382. The van der Waals surface area contributed by atoms with Gasteiger partial charge in [0.05, 0.1) is 0 Å². The number of aromatic nitrogens is 2. The van der Waals surface area contributed by atoms with Crippen LogP contribution in [-0.2, 0) is 19.6 Å². The molecule has 0 atom stereocenters. The third kappa shape index (κ3) is 3.04. The molecule has 0 amide bonds. The highest BCUT2D eigenvalue weighted by atomic mass is 19.1. The smallest absolute Gasteiger partial charge is 0.253 e. The number of hydrogen-bond donors (Lipinski definition) is 1. The molecule has 0 aliphatic rings. The van der Waals surface area contributed by atoms with Gasteiger partial charge in [-0.3, -0.25) is 0 Å². The Morgan fingerprint density at radius 3 is 2.72 bits per heavy atom. The first-order valence-corrected chi connectivity index (χ1v) is 5.65. The van der Waals surface area contributed by atoms with E-state index in [4.69, 9.17) is 14.9 Å². The van der Waals surface area contributed by atoms with Crippen molar-refractivity contribution >= 4 is 0 Å². The summed E-state index contributed by atoms with van der Waals surface area (Å²) in [5.41, 5.74) is 6.12. The van der Waals surface area contributed by atoms with Gasteiger partial charge in [0.2, 0.25) is 5.89 Å². The molecule has 2 N–H and O–H groups in total. The molecule has 6 heteroatoms. The highest BCUT2D eigenvalue weighted by Crippen LogP contribution is 2.17. The minimum Gasteiger partial charge on any atom is -0.484 e. The number of aryl methyl sites for hydroxylation is 1. The molecule has 1 heterocycles. The lowest BCUT2D eigenvalue weighted by Gasteiger charge is -2.05. The monoisotopic (exact) mass is 251 g/mol. The molecule has 0 saturated carbocycles. The molecule has 18 heavy (non-hydrogen) atoms. The zero-order chi connectivity index (χ0) is 13.0. The second-order valence-electron chi connectivity index (χ2n) is 3.73. The largest absolute Gasteiger partial charge is 0.484 e. The van der Waals surface area contributed by atoms with E-state index in [0.29, 0.717) is 29.5 Å². The summed E-state index contributed by atoms with van der Waals surface area (Å²) >= 11 is 0. The molecule has 1 aromatic carbocycles. The third-order valence-electron chi connectivity index (χ3n) is 2.34. The Morgan fingerprint density at radius 1 is 1.28 bits per heavy atom. The number of nitrogens with zero attached hydrogens (tertiary/aromatic N) is 2. The number of benzene rings is 1. The van der Waals surface area contributed by atoms with Crippen LogP contribution in [-0.4, -0.2) is 10.2 Å². The Labute approximate surface area is 104 Å². The molecule has 96 valence electrons. The Morgan fingerprint density at radius 2 is 2.06 bits per heavy atom. The fourth-order valence-corrected chi connectivity index (χ4v) is 1.46. The first-order chi connectivity index (χ1) is 8.71. The van der Waals surface area contributed by atoms with Gasteiger partial charge in [0.1, 0.15) is 11.6 Å². The summed E-state index contributed by atoms with van der Waals surface area (Å²) < 4.78 is 23.9. The van der Waals surface area contributed by atoms with Gasteiger partial charge in [0.15, 0.2) is 6.61 Å². The topological polar surface area (TPSA) is 74.2 Å². The van der Waals surface area contributed by atoms with Gasteiger partial charge in [-0.15, -0.1) is 10.2 Å². The van der Waals surface area contributed by atoms with Crippen molar-refractivity contribution in [1.82, 2.24) is 10.2 Å². The fraction of sp³-hybridized carbons (Fsp3) is 0.333. The number of hydrogen-bond acceptors (Lipinski definition) is 5. The van der Waals surface area contributed by atoms with Crippen LogP contribution >= 0.6 is 0 Å². The SMILES string of the molecule is CCc1nnc(COc2cc(F)cc(CN)c2)o1. The highest BCUT2D eigenvalue weighted by molar-refractivity contribution is 5.29. The van der Waals surface area contributed by atoms with Gasteiger partial charge < -0.3 is 14.9 Å². The molecule has 0 unspecified atom stereocenters. The van der Waals surface area contributed by atoms with Crippen LogP contribution in [0, 0.1) is 5.82 Å². The van der Waals surface area contributed by atoms with Crippen molar-refractivity contribution in [2.45, 2.75) is 26.5 Å². The van der Waals surface area contributed by atoms with Crippen molar-refractivity contribution in [3.8, 4) is 5.75 Å². The summed E-state index contributed by atoms with van der Waals surface area (Å²) in [6, 6.07) is 4.34. The molecule has 0 aliphatic carbocycles. The summed E-state index contributed by atoms with van der Waals surface area (Å²) in [4.78, 5) is 0. The average Bonchev–Trinajstić information content (AvgIpc) is 2.83. The first kappa shape index (κ1) is 12.5. The fourth-order valence-electron chi connectivity index (χ4n) is 1.46. The van der Waals surface area contributed by atoms with Crippen molar-refractivity contribution in [2.24, 2.45) is 5.73 Å². The van der Waals surface area contributed by atoms with Crippen LogP contribution < -0.4 is 10.5 Å². The lowest BCUT2D eigenvalue weighted by Crippen LogP contribution is -2.00. The van der Waals surface area contributed by atoms with Crippen molar-refractivity contribution in [3.63, 3.8) is 0 Å². The van der Waals surface area contributed by atoms with Crippen molar-refractivity contribution in [2.75, 3.05) is 0 Å². The molecule has 5 nitrogen and oxygen atoms in total. The highest BCUT2D eigenvalue weighted by Gasteiger charge is 2.06. The van der Waals surface area contributed by atoms with Gasteiger partial charge in [-0.2, -0.15) is 0 Å². The Kier molecular flexibility index (Phi) is 3.88. The van der Waals surface area contributed by atoms with E-state index in [0.717, 1.165) is 0 Å². The van der Waals surface area contributed by atoms with Crippen LogP contribution in [0.4, 0.5) is 4.39 Å². The Hall–Kier alpha value is -1.95. The zero-order valence-corrected chi connectivity index (χ0v) is 10.0. The Balaban J connectivity index is 2.03. The van der Waals surface area contributed by atoms with Gasteiger partial charge >= 0.3 is 0 Å². The summed E-state index contributed by atoms with van der Waals surface area (Å²) in [5, 5.41) is 7.61. The molecule has 0 fully saturated rings. The molecule has 0 aliphatic heterocycles. The number of nitrogens with two attached hydrogens (primary N) is 1. The van der Waals surface area contributed by atoms with Crippen LogP contribution in [0.3, 0.4) is 0 Å². The van der Waals surface area contributed by atoms with Crippen LogP contribution in [0.15, 0.2) is 22.6 Å².